The monoisotopic (exact) mass is 251 g/mol. The summed E-state index contributed by atoms with van der Waals surface area (Å²) in [6.07, 6.45) is 3.86. The summed E-state index contributed by atoms with van der Waals surface area (Å²) in [5.74, 6) is 0. The van der Waals surface area contributed by atoms with Gasteiger partial charge in [-0.25, -0.2) is 0 Å². The highest BCUT2D eigenvalue weighted by Gasteiger charge is 2.44. The highest BCUT2D eigenvalue weighted by Crippen LogP contribution is 2.47. The smallest absolute Gasteiger partial charge is 0.0227 e. The molecule has 0 amide bonds. The van der Waals surface area contributed by atoms with Crippen molar-refractivity contribution in [2.75, 3.05) is 13.6 Å². The lowest BCUT2D eigenvalue weighted by Gasteiger charge is -2.50. The Morgan fingerprint density at radius 3 is 2.79 bits per heavy atom. The Morgan fingerprint density at radius 2 is 1.95 bits per heavy atom. The Labute approximate surface area is 115 Å². The lowest BCUT2D eigenvalue weighted by molar-refractivity contribution is 0.0982. The van der Waals surface area contributed by atoms with Gasteiger partial charge in [-0.15, -0.1) is 0 Å². The average molecular weight is 251 g/mol. The highest BCUT2D eigenvalue weighted by atomic mass is 15.1. The molecule has 0 unspecified atom stereocenters. The third kappa shape index (κ3) is 1.45. The van der Waals surface area contributed by atoms with Crippen molar-refractivity contribution >= 4 is 10.8 Å². The number of nitrogens with zero attached hydrogens (tertiary/aromatic N) is 1. The van der Waals surface area contributed by atoms with E-state index in [0.717, 1.165) is 0 Å². The lowest BCUT2D eigenvalue weighted by Crippen LogP contribution is -2.54. The van der Waals surface area contributed by atoms with Crippen molar-refractivity contribution < 1.29 is 0 Å². The summed E-state index contributed by atoms with van der Waals surface area (Å²) in [5, 5.41) is 2.96. The van der Waals surface area contributed by atoms with Crippen LogP contribution in [0.3, 0.4) is 0 Å². The molecule has 1 heterocycles. The fourth-order valence-electron chi connectivity index (χ4n) is 4.47. The fraction of sp³-hybridized carbons (Fsp3) is 0.444. The van der Waals surface area contributed by atoms with Gasteiger partial charge in [0.2, 0.25) is 0 Å². The largest absolute Gasteiger partial charge is 0.302 e. The van der Waals surface area contributed by atoms with Crippen LogP contribution >= 0.6 is 0 Å². The van der Waals surface area contributed by atoms with E-state index in [1.54, 1.807) is 16.5 Å². The molecule has 0 bridgehead atoms. The number of rotatable bonds is 0. The first kappa shape index (κ1) is 11.5. The Hall–Kier alpha value is -1.34. The quantitative estimate of drug-likeness (QED) is 0.689. The van der Waals surface area contributed by atoms with Crippen molar-refractivity contribution in [1.82, 2.24) is 4.90 Å². The summed E-state index contributed by atoms with van der Waals surface area (Å²) in [7, 11) is 2.30. The normalized spacial score (nSPS) is 30.3. The van der Waals surface area contributed by atoms with Crippen molar-refractivity contribution in [3.8, 4) is 0 Å². The summed E-state index contributed by atoms with van der Waals surface area (Å²) >= 11 is 0. The van der Waals surface area contributed by atoms with Crippen LogP contribution in [0.2, 0.25) is 0 Å². The van der Waals surface area contributed by atoms with E-state index < -0.39 is 0 Å². The number of likely N-dealkylation sites (tertiary alicyclic amines) is 1. The maximum Gasteiger partial charge on any atom is 0.0227 e. The van der Waals surface area contributed by atoms with Crippen LogP contribution in [-0.4, -0.2) is 24.5 Å². The topological polar surface area (TPSA) is 3.24 Å². The maximum absolute atomic E-state index is 2.58. The summed E-state index contributed by atoms with van der Waals surface area (Å²) in [4.78, 5) is 2.58. The van der Waals surface area contributed by atoms with Gasteiger partial charge < -0.3 is 4.90 Å². The molecule has 1 nitrogen and oxygen atoms in total. The minimum Gasteiger partial charge on any atom is -0.302 e. The van der Waals surface area contributed by atoms with Crippen LogP contribution < -0.4 is 0 Å². The van der Waals surface area contributed by atoms with Crippen LogP contribution in [0.1, 0.15) is 30.9 Å². The molecule has 2 aromatic rings. The second kappa shape index (κ2) is 3.83. The molecule has 2 aliphatic rings. The van der Waals surface area contributed by atoms with E-state index >= 15 is 0 Å². The van der Waals surface area contributed by atoms with Crippen molar-refractivity contribution in [2.45, 2.75) is 37.6 Å². The molecule has 1 aliphatic carbocycles. The minimum atomic E-state index is 0.334. The van der Waals surface area contributed by atoms with Gasteiger partial charge in [-0.05, 0) is 54.8 Å². The number of piperidine rings is 1. The molecular weight excluding hydrogens is 230 g/mol. The first-order valence-corrected chi connectivity index (χ1v) is 7.41. The molecule has 1 aliphatic heterocycles. The van der Waals surface area contributed by atoms with Crippen molar-refractivity contribution in [3.63, 3.8) is 0 Å². The molecule has 2 aromatic carbocycles. The summed E-state index contributed by atoms with van der Waals surface area (Å²) in [5.41, 5.74) is 3.47. The van der Waals surface area contributed by atoms with Crippen LogP contribution in [0.15, 0.2) is 36.4 Å². The Kier molecular flexibility index (Phi) is 2.32. The second-order valence-corrected chi connectivity index (χ2v) is 6.54. The van der Waals surface area contributed by atoms with E-state index in [-0.39, 0.29) is 0 Å². The van der Waals surface area contributed by atoms with E-state index in [4.69, 9.17) is 0 Å². The van der Waals surface area contributed by atoms with Crippen LogP contribution in [0.5, 0.6) is 0 Å². The van der Waals surface area contributed by atoms with E-state index in [0.29, 0.717) is 11.5 Å². The van der Waals surface area contributed by atoms with E-state index in [1.165, 1.54) is 31.2 Å². The van der Waals surface area contributed by atoms with Gasteiger partial charge in [0.25, 0.3) is 0 Å². The molecular formula is C18H21N. The van der Waals surface area contributed by atoms with Gasteiger partial charge in [0.05, 0.1) is 0 Å². The van der Waals surface area contributed by atoms with Crippen molar-refractivity contribution in [2.24, 2.45) is 0 Å². The zero-order chi connectivity index (χ0) is 13.0. The predicted molar refractivity (Wildman–Crippen MR) is 80.7 cm³/mol. The highest BCUT2D eigenvalue weighted by molar-refractivity contribution is 5.91. The molecule has 98 valence electrons. The third-order valence-electron chi connectivity index (χ3n) is 5.49. The Morgan fingerprint density at radius 1 is 1.16 bits per heavy atom. The molecule has 0 spiro atoms. The van der Waals surface area contributed by atoms with E-state index in [1.807, 2.05) is 0 Å². The minimum absolute atomic E-state index is 0.334. The zero-order valence-corrected chi connectivity index (χ0v) is 11.8. The molecule has 2 atom stereocenters. The van der Waals surface area contributed by atoms with Gasteiger partial charge in [-0.3, -0.25) is 0 Å². The molecule has 0 aromatic heterocycles. The van der Waals surface area contributed by atoms with Crippen LogP contribution in [0.25, 0.3) is 10.8 Å². The van der Waals surface area contributed by atoms with Crippen LogP contribution in [-0.2, 0) is 11.8 Å². The molecule has 19 heavy (non-hydrogen) atoms. The number of fused-ring (bicyclic) bond motifs is 2. The number of benzene rings is 2. The SMILES string of the molecule is CN1CCC[C@@]2(C)c3cccc4cccc(c34)C[C@@H]12. The number of hydrogen-bond donors (Lipinski definition) is 0. The molecule has 1 heteroatoms. The van der Waals surface area contributed by atoms with Crippen molar-refractivity contribution in [3.05, 3.63) is 47.5 Å². The number of likely N-dealkylation sites (N-methyl/N-ethyl adjacent to an activating group) is 1. The Bertz CT molecular complexity index is 640. The fourth-order valence-corrected chi connectivity index (χ4v) is 4.47. The third-order valence-corrected chi connectivity index (χ3v) is 5.49. The zero-order valence-electron chi connectivity index (χ0n) is 11.8. The summed E-state index contributed by atoms with van der Waals surface area (Å²) < 4.78 is 0. The standard InChI is InChI=1S/C18H21N/c1-18-10-5-11-19(2)16(18)12-14-8-3-6-13-7-4-9-15(18)17(13)14/h3-4,6-9,16H,5,10-12H2,1-2H3/t16-,18+/m1/s1. The maximum atomic E-state index is 2.58. The van der Waals surface area contributed by atoms with E-state index in [9.17, 15) is 0 Å². The van der Waals surface area contributed by atoms with Crippen LogP contribution in [0.4, 0.5) is 0 Å². The van der Waals surface area contributed by atoms with Gasteiger partial charge in [-0.1, -0.05) is 43.3 Å². The molecule has 0 saturated carbocycles. The molecule has 1 fully saturated rings. The number of hydrogen-bond acceptors (Lipinski definition) is 1. The molecule has 4 rings (SSSR count). The first-order chi connectivity index (χ1) is 9.20. The summed E-state index contributed by atoms with van der Waals surface area (Å²) in [6.45, 7) is 3.73. The average Bonchev–Trinajstić information content (AvgIpc) is 2.42. The molecule has 1 saturated heterocycles. The van der Waals surface area contributed by atoms with E-state index in [2.05, 4.69) is 55.3 Å². The lowest BCUT2D eigenvalue weighted by atomic mass is 9.63. The van der Waals surface area contributed by atoms with Gasteiger partial charge in [0.15, 0.2) is 0 Å². The molecule has 0 radical (unpaired) electrons. The van der Waals surface area contributed by atoms with Gasteiger partial charge >= 0.3 is 0 Å². The van der Waals surface area contributed by atoms with Gasteiger partial charge in [-0.2, -0.15) is 0 Å². The van der Waals surface area contributed by atoms with Gasteiger partial charge in [0, 0.05) is 11.5 Å². The molecule has 0 N–H and O–H groups in total. The Balaban J connectivity index is 2.03. The van der Waals surface area contributed by atoms with Gasteiger partial charge in [0.1, 0.15) is 0 Å². The predicted octanol–water partition coefficient (Wildman–Crippen LogP) is 3.75. The second-order valence-electron chi connectivity index (χ2n) is 6.54. The first-order valence-electron chi connectivity index (χ1n) is 7.41. The van der Waals surface area contributed by atoms with Crippen molar-refractivity contribution in [1.29, 1.82) is 0 Å². The van der Waals surface area contributed by atoms with Crippen LogP contribution in [0, 0.1) is 0 Å². The summed E-state index contributed by atoms with van der Waals surface area (Å²) in [6, 6.07) is 14.3.